The van der Waals surface area contributed by atoms with Gasteiger partial charge in [0.15, 0.2) is 11.5 Å². The van der Waals surface area contributed by atoms with Crippen molar-refractivity contribution in [3.63, 3.8) is 0 Å². The van der Waals surface area contributed by atoms with Crippen molar-refractivity contribution in [1.82, 2.24) is 9.78 Å². The number of hydrogen-bond acceptors (Lipinski definition) is 4. The Kier molecular flexibility index (Phi) is 3.58. The molecule has 0 unspecified atom stereocenters. The third-order valence-electron chi connectivity index (χ3n) is 3.39. The van der Waals surface area contributed by atoms with Crippen LogP contribution < -0.4 is 0 Å². The number of carbonyl (C=O) groups is 2. The van der Waals surface area contributed by atoms with Gasteiger partial charge in [-0.05, 0) is 12.8 Å². The molecule has 1 aromatic rings. The highest BCUT2D eigenvalue weighted by Crippen LogP contribution is 2.43. The van der Waals surface area contributed by atoms with Gasteiger partial charge in [0.1, 0.15) is 5.69 Å². The summed E-state index contributed by atoms with van der Waals surface area (Å²) in [6.07, 6.45) is -0.628. The topological polar surface area (TPSA) is 61.2 Å². The van der Waals surface area contributed by atoms with Gasteiger partial charge in [-0.3, -0.25) is 9.48 Å². The predicted octanol–water partition coefficient (Wildman–Crippen LogP) is 2.48. The van der Waals surface area contributed by atoms with Gasteiger partial charge in [-0.2, -0.15) is 5.10 Å². The van der Waals surface area contributed by atoms with Crippen molar-refractivity contribution >= 4 is 11.8 Å². The molecular formula is C12H13F3N2O3. The number of alkyl halides is 2. The quantitative estimate of drug-likeness (QED) is 0.799. The largest absolute Gasteiger partial charge is 0.397 e. The van der Waals surface area contributed by atoms with E-state index in [-0.39, 0.29) is 42.3 Å². The fourth-order valence-electron chi connectivity index (χ4n) is 2.47. The number of carbonyl (C=O) groups excluding carboxylic acids is 2. The fraction of sp³-hybridized carbons (Fsp3) is 0.583. The molecule has 5 nitrogen and oxygen atoms in total. The van der Waals surface area contributed by atoms with Crippen molar-refractivity contribution in [2.75, 3.05) is 0 Å². The van der Waals surface area contributed by atoms with E-state index in [1.165, 1.54) is 13.8 Å². The van der Waals surface area contributed by atoms with Crippen LogP contribution in [-0.2, 0) is 11.5 Å². The van der Waals surface area contributed by atoms with E-state index >= 15 is 0 Å². The molecule has 1 saturated carbocycles. The number of aromatic nitrogens is 2. The molecule has 110 valence electrons. The summed E-state index contributed by atoms with van der Waals surface area (Å²) < 4.78 is 38.8. The normalized spacial score (nSPS) is 17.6. The molecule has 1 aliphatic rings. The highest BCUT2D eigenvalue weighted by Gasteiger charge is 2.45. The summed E-state index contributed by atoms with van der Waals surface area (Å²) in [4.78, 5) is 25.9. The molecular weight excluding hydrogens is 277 g/mol. The van der Waals surface area contributed by atoms with Gasteiger partial charge in [-0.15, -0.1) is 0 Å². The molecule has 8 heteroatoms. The molecule has 0 aromatic carbocycles. The molecule has 0 N–H and O–H groups in total. The van der Waals surface area contributed by atoms with E-state index in [1.54, 1.807) is 0 Å². The van der Waals surface area contributed by atoms with E-state index in [0.717, 1.165) is 4.68 Å². The Labute approximate surface area is 112 Å². The number of Topliss-reactive ketones (excluding diaryl/α,β-unsaturated/α-hetero) is 1. The Morgan fingerprint density at radius 3 is 2.50 bits per heavy atom. The van der Waals surface area contributed by atoms with Gasteiger partial charge in [-0.1, -0.05) is 0 Å². The Morgan fingerprint density at radius 1 is 1.45 bits per heavy atom. The number of nitrogens with zero attached hydrogens (tertiary/aromatic N) is 2. The van der Waals surface area contributed by atoms with Crippen LogP contribution >= 0.6 is 0 Å². The lowest BCUT2D eigenvalue weighted by atomic mass is 9.81. The van der Waals surface area contributed by atoms with E-state index in [0.29, 0.717) is 0 Å². The molecule has 0 spiro atoms. The zero-order valence-electron chi connectivity index (χ0n) is 11.0. The average molecular weight is 290 g/mol. The third-order valence-corrected chi connectivity index (χ3v) is 3.39. The Morgan fingerprint density at radius 2 is 2.05 bits per heavy atom. The summed E-state index contributed by atoms with van der Waals surface area (Å²) in [5, 5.41) is 3.90. The summed E-state index contributed by atoms with van der Waals surface area (Å²) in [7, 11) is 0. The van der Waals surface area contributed by atoms with Crippen LogP contribution in [0.25, 0.3) is 0 Å². The van der Waals surface area contributed by atoms with Crippen LogP contribution in [0.1, 0.15) is 46.3 Å². The molecule has 20 heavy (non-hydrogen) atoms. The zero-order chi connectivity index (χ0) is 15.1. The molecule has 2 rings (SSSR count). The first-order valence-corrected chi connectivity index (χ1v) is 6.04. The SMILES string of the molecule is CC(=O)c1nn(CC2CC(F)(F)C2)c(C(=O)OF)c1C. The number of ketones is 1. The number of rotatable bonds is 4. The van der Waals surface area contributed by atoms with Crippen LogP contribution in [0.3, 0.4) is 0 Å². The van der Waals surface area contributed by atoms with Crippen LogP contribution in [0.5, 0.6) is 0 Å². The molecule has 0 bridgehead atoms. The molecule has 1 fully saturated rings. The van der Waals surface area contributed by atoms with Gasteiger partial charge in [0.2, 0.25) is 5.92 Å². The van der Waals surface area contributed by atoms with Crippen LogP contribution in [0.15, 0.2) is 0 Å². The maximum atomic E-state index is 12.8. The number of hydrogen-bond donors (Lipinski definition) is 0. The van der Waals surface area contributed by atoms with Gasteiger partial charge in [-0.25, -0.2) is 18.5 Å². The van der Waals surface area contributed by atoms with Crippen LogP contribution in [-0.4, -0.2) is 27.5 Å². The highest BCUT2D eigenvalue weighted by atomic mass is 19.3. The zero-order valence-corrected chi connectivity index (χ0v) is 11.0. The maximum absolute atomic E-state index is 12.8. The van der Waals surface area contributed by atoms with Gasteiger partial charge in [0.05, 0.1) is 0 Å². The molecule has 0 aliphatic heterocycles. The average Bonchev–Trinajstić information content (AvgIpc) is 2.63. The van der Waals surface area contributed by atoms with E-state index < -0.39 is 17.7 Å². The molecule has 0 amide bonds. The second kappa shape index (κ2) is 4.92. The van der Waals surface area contributed by atoms with E-state index in [1.807, 2.05) is 0 Å². The summed E-state index contributed by atoms with van der Waals surface area (Å²) in [6.45, 7) is 2.71. The maximum Gasteiger partial charge on any atom is 0.397 e. The van der Waals surface area contributed by atoms with E-state index in [2.05, 4.69) is 10.0 Å². The molecule has 1 aromatic heterocycles. The predicted molar refractivity (Wildman–Crippen MR) is 61.2 cm³/mol. The minimum atomic E-state index is -2.70. The smallest absolute Gasteiger partial charge is 0.293 e. The lowest BCUT2D eigenvalue weighted by Gasteiger charge is -2.34. The number of halogens is 3. The Bertz CT molecular complexity index is 561. The van der Waals surface area contributed by atoms with Gasteiger partial charge in [0.25, 0.3) is 0 Å². The highest BCUT2D eigenvalue weighted by molar-refractivity contribution is 5.98. The van der Waals surface area contributed by atoms with Crippen molar-refractivity contribution in [2.45, 2.75) is 39.2 Å². The van der Waals surface area contributed by atoms with Crippen molar-refractivity contribution in [3.8, 4) is 0 Å². The summed E-state index contributed by atoms with van der Waals surface area (Å²) >= 11 is 0. The van der Waals surface area contributed by atoms with E-state index in [4.69, 9.17) is 0 Å². The molecule has 1 heterocycles. The lowest BCUT2D eigenvalue weighted by molar-refractivity contribution is -0.115. The Hall–Kier alpha value is -1.86. The first-order chi connectivity index (χ1) is 9.25. The fourth-order valence-corrected chi connectivity index (χ4v) is 2.47. The van der Waals surface area contributed by atoms with Gasteiger partial charge >= 0.3 is 5.97 Å². The monoisotopic (exact) mass is 290 g/mol. The van der Waals surface area contributed by atoms with Crippen molar-refractivity contribution in [3.05, 3.63) is 17.0 Å². The van der Waals surface area contributed by atoms with Crippen molar-refractivity contribution in [1.29, 1.82) is 0 Å². The van der Waals surface area contributed by atoms with E-state index in [9.17, 15) is 22.9 Å². The second-order valence-corrected chi connectivity index (χ2v) is 5.06. The summed E-state index contributed by atoms with van der Waals surface area (Å²) in [5.41, 5.74) is -0.0179. The molecule has 0 atom stereocenters. The van der Waals surface area contributed by atoms with Crippen LogP contribution in [0.4, 0.5) is 13.3 Å². The van der Waals surface area contributed by atoms with Crippen molar-refractivity contribution in [2.24, 2.45) is 5.92 Å². The molecule has 0 saturated heterocycles. The summed E-state index contributed by atoms with van der Waals surface area (Å²) in [6, 6.07) is 0. The third kappa shape index (κ3) is 2.54. The first-order valence-electron chi connectivity index (χ1n) is 6.04. The van der Waals surface area contributed by atoms with Gasteiger partial charge < -0.3 is 0 Å². The standard InChI is InChI=1S/C12H13F3N2O3/c1-6-9(7(2)18)16-17(10(6)11(19)20-15)5-8-3-12(13,14)4-8/h8H,3-5H2,1-2H3. The molecule has 0 radical (unpaired) electrons. The van der Waals surface area contributed by atoms with Crippen molar-refractivity contribution < 1.29 is 27.8 Å². The minimum Gasteiger partial charge on any atom is -0.293 e. The second-order valence-electron chi connectivity index (χ2n) is 5.06. The first kappa shape index (κ1) is 14.5. The molecule has 1 aliphatic carbocycles. The van der Waals surface area contributed by atoms with Gasteiger partial charge in [0, 0.05) is 36.4 Å². The summed E-state index contributed by atoms with van der Waals surface area (Å²) in [5.74, 6) is -4.74. The van der Waals surface area contributed by atoms with Crippen LogP contribution in [0.2, 0.25) is 0 Å². The minimum absolute atomic E-state index is 0.0106. The lowest BCUT2D eigenvalue weighted by Crippen LogP contribution is -2.38. The van der Waals surface area contributed by atoms with Crippen LogP contribution in [0, 0.1) is 12.8 Å². The Balaban J connectivity index is 2.29.